The maximum Gasteiger partial charge on any atom is 0.0643 e. The van der Waals surface area contributed by atoms with Crippen LogP contribution in [0.3, 0.4) is 0 Å². The average Bonchev–Trinajstić information content (AvgIpc) is 2.73. The maximum absolute atomic E-state index is 4.38. The van der Waals surface area contributed by atoms with Crippen LogP contribution in [0.1, 0.15) is 17.3 Å². The molecule has 2 aromatic rings. The van der Waals surface area contributed by atoms with Crippen molar-refractivity contribution in [3.8, 4) is 0 Å². The van der Waals surface area contributed by atoms with Crippen LogP contribution in [0.15, 0.2) is 36.8 Å². The van der Waals surface area contributed by atoms with Gasteiger partial charge in [0.2, 0.25) is 0 Å². The number of nitrogens with one attached hydrogen (secondary N) is 1. The summed E-state index contributed by atoms with van der Waals surface area (Å²) in [6, 6.07) is 6.35. The maximum atomic E-state index is 4.38. The second-order valence-electron chi connectivity index (χ2n) is 3.81. The fourth-order valence-electron chi connectivity index (χ4n) is 1.75. The van der Waals surface area contributed by atoms with Gasteiger partial charge in [-0.1, -0.05) is 6.07 Å². The van der Waals surface area contributed by atoms with E-state index in [0.717, 1.165) is 12.1 Å². The topological polar surface area (TPSA) is 42.7 Å². The van der Waals surface area contributed by atoms with E-state index in [1.54, 1.807) is 6.20 Å². The van der Waals surface area contributed by atoms with Gasteiger partial charge in [0.15, 0.2) is 0 Å². The van der Waals surface area contributed by atoms with Crippen LogP contribution in [0, 0.1) is 0 Å². The van der Waals surface area contributed by atoms with Crippen molar-refractivity contribution in [2.75, 3.05) is 7.05 Å². The lowest BCUT2D eigenvalue weighted by Gasteiger charge is -2.14. The van der Waals surface area contributed by atoms with Crippen LogP contribution in [-0.2, 0) is 13.5 Å². The lowest BCUT2D eigenvalue weighted by atomic mass is 10.0. The Hall–Kier alpha value is -1.68. The van der Waals surface area contributed by atoms with Gasteiger partial charge in [0.05, 0.1) is 5.69 Å². The smallest absolute Gasteiger partial charge is 0.0643 e. The minimum Gasteiger partial charge on any atom is -0.313 e. The molecule has 1 atom stereocenters. The van der Waals surface area contributed by atoms with E-state index in [9.17, 15) is 0 Å². The van der Waals surface area contributed by atoms with Gasteiger partial charge in [0.25, 0.3) is 0 Å². The van der Waals surface area contributed by atoms with Gasteiger partial charge in [0.1, 0.15) is 0 Å². The molecule has 0 saturated heterocycles. The van der Waals surface area contributed by atoms with Gasteiger partial charge in [-0.05, 0) is 24.7 Å². The molecule has 2 heterocycles. The summed E-state index contributed by atoms with van der Waals surface area (Å²) in [4.78, 5) is 4.13. The summed E-state index contributed by atoms with van der Waals surface area (Å²) in [6.07, 6.45) is 6.52. The molecule has 0 bridgehead atoms. The van der Waals surface area contributed by atoms with Crippen molar-refractivity contribution in [1.29, 1.82) is 0 Å². The summed E-state index contributed by atoms with van der Waals surface area (Å²) in [6.45, 7) is 0. The summed E-state index contributed by atoms with van der Waals surface area (Å²) in [5.41, 5.74) is 2.28. The van der Waals surface area contributed by atoms with Crippen molar-refractivity contribution in [1.82, 2.24) is 20.1 Å². The van der Waals surface area contributed by atoms with Crippen LogP contribution in [0.2, 0.25) is 0 Å². The summed E-state index contributed by atoms with van der Waals surface area (Å²) in [5, 5.41) is 7.67. The van der Waals surface area contributed by atoms with Gasteiger partial charge in [-0.15, -0.1) is 0 Å². The number of hydrogen-bond donors (Lipinski definition) is 1. The minimum atomic E-state index is 0.267. The minimum absolute atomic E-state index is 0.267. The third-order valence-corrected chi connectivity index (χ3v) is 2.62. The van der Waals surface area contributed by atoms with E-state index < -0.39 is 0 Å². The highest BCUT2D eigenvalue weighted by Gasteiger charge is 2.11. The van der Waals surface area contributed by atoms with Gasteiger partial charge in [0, 0.05) is 38.1 Å². The molecule has 16 heavy (non-hydrogen) atoms. The molecular weight excluding hydrogens is 200 g/mol. The normalized spacial score (nSPS) is 12.6. The highest BCUT2D eigenvalue weighted by atomic mass is 15.2. The molecule has 4 heteroatoms. The largest absolute Gasteiger partial charge is 0.313 e. The molecule has 0 radical (unpaired) electrons. The lowest BCUT2D eigenvalue weighted by Crippen LogP contribution is -2.19. The Kier molecular flexibility index (Phi) is 3.31. The summed E-state index contributed by atoms with van der Waals surface area (Å²) in [5.74, 6) is 0. The zero-order valence-electron chi connectivity index (χ0n) is 9.59. The van der Waals surface area contributed by atoms with E-state index in [2.05, 4.69) is 21.5 Å². The number of aryl methyl sites for hydroxylation is 1. The molecule has 1 N–H and O–H groups in total. The standard InChI is InChI=1S/C12H16N4/c1-13-12(10-4-3-6-14-9-10)8-11-5-7-16(2)15-11/h3-7,9,12-13H,8H2,1-2H3. The zero-order valence-corrected chi connectivity index (χ0v) is 9.59. The third-order valence-electron chi connectivity index (χ3n) is 2.62. The molecule has 0 fully saturated rings. The first-order valence-corrected chi connectivity index (χ1v) is 5.35. The van der Waals surface area contributed by atoms with Gasteiger partial charge < -0.3 is 5.32 Å². The van der Waals surface area contributed by atoms with Gasteiger partial charge in [-0.25, -0.2) is 0 Å². The number of hydrogen-bond acceptors (Lipinski definition) is 3. The zero-order chi connectivity index (χ0) is 11.4. The first-order valence-electron chi connectivity index (χ1n) is 5.35. The fourth-order valence-corrected chi connectivity index (χ4v) is 1.75. The highest BCUT2D eigenvalue weighted by molar-refractivity contribution is 5.16. The van der Waals surface area contributed by atoms with Gasteiger partial charge in [-0.3, -0.25) is 9.67 Å². The molecule has 0 aliphatic heterocycles. The first kappa shape index (κ1) is 10.8. The summed E-state index contributed by atoms with van der Waals surface area (Å²) in [7, 11) is 3.89. The lowest BCUT2D eigenvalue weighted by molar-refractivity contribution is 0.575. The quantitative estimate of drug-likeness (QED) is 0.838. The SMILES string of the molecule is CNC(Cc1ccn(C)n1)c1cccnc1. The van der Waals surface area contributed by atoms with Crippen molar-refractivity contribution in [2.45, 2.75) is 12.5 Å². The van der Waals surface area contributed by atoms with Crippen LogP contribution >= 0.6 is 0 Å². The second-order valence-corrected chi connectivity index (χ2v) is 3.81. The third kappa shape index (κ3) is 2.46. The van der Waals surface area contributed by atoms with Crippen molar-refractivity contribution in [3.05, 3.63) is 48.0 Å². The average molecular weight is 216 g/mol. The number of rotatable bonds is 4. The number of pyridine rings is 1. The van der Waals surface area contributed by atoms with Crippen molar-refractivity contribution in [3.63, 3.8) is 0 Å². The molecule has 84 valence electrons. The molecule has 0 amide bonds. The Balaban J connectivity index is 2.12. The predicted molar refractivity (Wildman–Crippen MR) is 62.9 cm³/mol. The van der Waals surface area contributed by atoms with E-state index in [4.69, 9.17) is 0 Å². The molecule has 0 saturated carbocycles. The predicted octanol–water partition coefficient (Wildman–Crippen LogP) is 1.32. The molecular formula is C12H16N4. The Morgan fingerprint density at radius 2 is 2.31 bits per heavy atom. The number of nitrogens with zero attached hydrogens (tertiary/aromatic N) is 3. The molecule has 0 aromatic carbocycles. The van der Waals surface area contributed by atoms with Crippen LogP contribution in [0.25, 0.3) is 0 Å². The number of aromatic nitrogens is 3. The highest BCUT2D eigenvalue weighted by Crippen LogP contribution is 2.15. The molecule has 2 rings (SSSR count). The summed E-state index contributed by atoms with van der Waals surface area (Å²) >= 11 is 0. The monoisotopic (exact) mass is 216 g/mol. The number of likely N-dealkylation sites (N-methyl/N-ethyl adjacent to an activating group) is 1. The van der Waals surface area contributed by atoms with Crippen molar-refractivity contribution >= 4 is 0 Å². The van der Waals surface area contributed by atoms with Crippen LogP contribution in [-0.4, -0.2) is 21.8 Å². The van der Waals surface area contributed by atoms with E-state index in [1.165, 1.54) is 5.56 Å². The molecule has 0 spiro atoms. The fraction of sp³-hybridized carbons (Fsp3) is 0.333. The van der Waals surface area contributed by atoms with E-state index in [0.29, 0.717) is 0 Å². The van der Waals surface area contributed by atoms with Crippen molar-refractivity contribution in [2.24, 2.45) is 7.05 Å². The van der Waals surface area contributed by atoms with Crippen LogP contribution < -0.4 is 5.32 Å². The van der Waals surface area contributed by atoms with Gasteiger partial charge in [-0.2, -0.15) is 5.10 Å². The summed E-state index contributed by atoms with van der Waals surface area (Å²) < 4.78 is 1.82. The molecule has 0 aliphatic carbocycles. The molecule has 2 aromatic heterocycles. The Morgan fingerprint density at radius 3 is 2.88 bits per heavy atom. The van der Waals surface area contributed by atoms with Crippen LogP contribution in [0.4, 0.5) is 0 Å². The van der Waals surface area contributed by atoms with Crippen molar-refractivity contribution < 1.29 is 0 Å². The molecule has 4 nitrogen and oxygen atoms in total. The second kappa shape index (κ2) is 4.90. The van der Waals surface area contributed by atoms with E-state index in [-0.39, 0.29) is 6.04 Å². The van der Waals surface area contributed by atoms with Gasteiger partial charge >= 0.3 is 0 Å². The van der Waals surface area contributed by atoms with E-state index in [1.807, 2.05) is 43.3 Å². The Morgan fingerprint density at radius 1 is 1.44 bits per heavy atom. The molecule has 0 aliphatic rings. The van der Waals surface area contributed by atoms with Crippen LogP contribution in [0.5, 0.6) is 0 Å². The Labute approximate surface area is 95.3 Å². The Bertz CT molecular complexity index is 435. The molecule has 1 unspecified atom stereocenters. The first-order chi connectivity index (χ1) is 7.79. The van der Waals surface area contributed by atoms with E-state index >= 15 is 0 Å².